The Morgan fingerprint density at radius 2 is 0.870 bits per heavy atom. The summed E-state index contributed by atoms with van der Waals surface area (Å²) in [6.07, 6.45) is 30.5. The smallest absolute Gasteiger partial charge is 0.00726 e. The third-order valence-electron chi connectivity index (χ3n) is 5.85. The Morgan fingerprint density at radius 3 is 1.48 bits per heavy atom. The fourth-order valence-electron chi connectivity index (χ4n) is 4.34. The maximum absolute atomic E-state index is 4.09. The van der Waals surface area contributed by atoms with E-state index in [1.165, 1.54) is 116 Å². The molecule has 2 aliphatic rings. The van der Waals surface area contributed by atoms with E-state index in [-0.39, 0.29) is 0 Å². The quantitative estimate of drug-likeness (QED) is 0.545. The van der Waals surface area contributed by atoms with Gasteiger partial charge in [-0.3, -0.25) is 0 Å². The lowest BCUT2D eigenvalue weighted by atomic mass is 9.98. The highest BCUT2D eigenvalue weighted by Gasteiger charge is 2.15. The molecule has 134 valence electrons. The van der Waals surface area contributed by atoms with Crippen molar-refractivity contribution in [3.05, 3.63) is 12.2 Å². The second kappa shape index (κ2) is 13.0. The number of hydrogen-bond donors (Lipinski definition) is 1. The Morgan fingerprint density at radius 1 is 0.435 bits per heavy atom. The number of allylic oxidation sites excluding steroid dienone is 2. The zero-order valence-corrected chi connectivity index (χ0v) is 15.5. The van der Waals surface area contributed by atoms with Gasteiger partial charge in [0.05, 0.1) is 0 Å². The van der Waals surface area contributed by atoms with Crippen LogP contribution in [0.25, 0.3) is 0 Å². The van der Waals surface area contributed by atoms with Crippen LogP contribution >= 0.6 is 0 Å². The van der Waals surface area contributed by atoms with Gasteiger partial charge in [0, 0.05) is 12.1 Å². The number of rotatable bonds is 2. The molecule has 0 saturated heterocycles. The lowest BCUT2D eigenvalue weighted by molar-refractivity contribution is 0.345. The van der Waals surface area contributed by atoms with Crippen LogP contribution in [0.15, 0.2) is 12.2 Å². The fraction of sp³-hybridized carbons (Fsp3) is 0.909. The Labute approximate surface area is 145 Å². The second-order valence-corrected chi connectivity index (χ2v) is 8.01. The predicted molar refractivity (Wildman–Crippen MR) is 103 cm³/mol. The van der Waals surface area contributed by atoms with Crippen LogP contribution in [0.5, 0.6) is 0 Å². The molecule has 0 aliphatic heterocycles. The van der Waals surface area contributed by atoms with Crippen molar-refractivity contribution in [2.45, 2.75) is 128 Å². The summed E-state index contributed by atoms with van der Waals surface area (Å²) < 4.78 is 0. The first-order valence-electron chi connectivity index (χ1n) is 10.9. The van der Waals surface area contributed by atoms with Crippen molar-refractivity contribution >= 4 is 0 Å². The van der Waals surface area contributed by atoms with Crippen LogP contribution in [0.2, 0.25) is 0 Å². The highest BCUT2D eigenvalue weighted by molar-refractivity contribution is 4.85. The molecule has 0 aromatic carbocycles. The average molecular weight is 320 g/mol. The molecule has 0 aromatic rings. The third kappa shape index (κ3) is 9.55. The Balaban J connectivity index is 1.78. The van der Waals surface area contributed by atoms with Gasteiger partial charge >= 0.3 is 0 Å². The minimum Gasteiger partial charge on any atom is -0.311 e. The highest BCUT2D eigenvalue weighted by Crippen LogP contribution is 2.20. The topological polar surface area (TPSA) is 12.0 Å². The lowest BCUT2D eigenvalue weighted by Crippen LogP contribution is -2.38. The molecule has 0 spiro atoms. The van der Waals surface area contributed by atoms with Gasteiger partial charge in [0.2, 0.25) is 0 Å². The van der Waals surface area contributed by atoms with E-state index < -0.39 is 0 Å². The van der Waals surface area contributed by atoms with E-state index in [0.717, 1.165) is 12.1 Å². The minimum absolute atomic E-state index is 0.770. The summed E-state index contributed by atoms with van der Waals surface area (Å²) in [5.41, 5.74) is 0. The third-order valence-corrected chi connectivity index (χ3v) is 5.85. The first kappa shape index (κ1) is 19.0. The SMILES string of the molecule is C1=CCCC(NC2CCCCCCCC2)CCCCCCCC1. The summed E-state index contributed by atoms with van der Waals surface area (Å²) in [5.74, 6) is 0. The van der Waals surface area contributed by atoms with Gasteiger partial charge in [0.15, 0.2) is 0 Å². The fourth-order valence-corrected chi connectivity index (χ4v) is 4.34. The standard InChI is InChI=1S/C22H41N/c1-2-4-6-10-14-18-21(17-13-9-5-3-1)23-22-19-15-11-7-8-12-16-20-22/h5,9,21-23H,1-4,6-8,10-20H2. The number of nitrogens with one attached hydrogen (secondary N) is 1. The van der Waals surface area contributed by atoms with E-state index in [9.17, 15) is 0 Å². The first-order valence-corrected chi connectivity index (χ1v) is 10.9. The van der Waals surface area contributed by atoms with Gasteiger partial charge in [0.25, 0.3) is 0 Å². The number of hydrogen-bond acceptors (Lipinski definition) is 1. The Bertz CT molecular complexity index is 286. The Hall–Kier alpha value is -0.300. The van der Waals surface area contributed by atoms with Crippen molar-refractivity contribution in [3.8, 4) is 0 Å². The van der Waals surface area contributed by atoms with Crippen molar-refractivity contribution in [2.75, 3.05) is 0 Å². The first-order chi connectivity index (χ1) is 11.4. The van der Waals surface area contributed by atoms with Crippen LogP contribution < -0.4 is 5.32 Å². The monoisotopic (exact) mass is 319 g/mol. The normalized spacial score (nSPS) is 27.7. The van der Waals surface area contributed by atoms with Crippen molar-refractivity contribution in [3.63, 3.8) is 0 Å². The molecule has 23 heavy (non-hydrogen) atoms. The summed E-state index contributed by atoms with van der Waals surface area (Å²) in [6.45, 7) is 0. The summed E-state index contributed by atoms with van der Waals surface area (Å²) in [4.78, 5) is 0. The molecule has 1 heteroatoms. The van der Waals surface area contributed by atoms with Crippen molar-refractivity contribution in [2.24, 2.45) is 0 Å². The van der Waals surface area contributed by atoms with E-state index in [0.29, 0.717) is 0 Å². The molecule has 0 bridgehead atoms. The molecule has 0 radical (unpaired) electrons. The van der Waals surface area contributed by atoms with Crippen molar-refractivity contribution in [1.82, 2.24) is 5.32 Å². The molecule has 0 heterocycles. The molecular weight excluding hydrogens is 278 g/mol. The zero-order chi connectivity index (χ0) is 16.0. The molecule has 2 aliphatic carbocycles. The molecule has 1 atom stereocenters. The van der Waals surface area contributed by atoms with Crippen LogP contribution in [0, 0.1) is 0 Å². The molecule has 1 N–H and O–H groups in total. The molecule has 1 unspecified atom stereocenters. The summed E-state index contributed by atoms with van der Waals surface area (Å²) in [6, 6.07) is 1.57. The van der Waals surface area contributed by atoms with Gasteiger partial charge in [-0.15, -0.1) is 0 Å². The molecule has 0 amide bonds. The maximum Gasteiger partial charge on any atom is 0.00726 e. The largest absolute Gasteiger partial charge is 0.311 e. The molecular formula is C22H41N. The molecule has 2 rings (SSSR count). The van der Waals surface area contributed by atoms with Gasteiger partial charge in [-0.25, -0.2) is 0 Å². The van der Waals surface area contributed by atoms with E-state index in [1.807, 2.05) is 0 Å². The summed E-state index contributed by atoms with van der Waals surface area (Å²) in [7, 11) is 0. The van der Waals surface area contributed by atoms with Crippen LogP contribution in [0.4, 0.5) is 0 Å². The van der Waals surface area contributed by atoms with Gasteiger partial charge in [-0.1, -0.05) is 82.8 Å². The highest BCUT2D eigenvalue weighted by atomic mass is 14.9. The predicted octanol–water partition coefficient (Wildman–Crippen LogP) is 6.92. The van der Waals surface area contributed by atoms with Gasteiger partial charge in [0.1, 0.15) is 0 Å². The average Bonchev–Trinajstić information content (AvgIpc) is 2.70. The Kier molecular flexibility index (Phi) is 10.8. The van der Waals surface area contributed by atoms with Crippen LogP contribution in [0.3, 0.4) is 0 Å². The van der Waals surface area contributed by atoms with E-state index in [4.69, 9.17) is 0 Å². The molecule has 1 nitrogen and oxygen atoms in total. The zero-order valence-electron chi connectivity index (χ0n) is 15.5. The van der Waals surface area contributed by atoms with Crippen LogP contribution in [-0.2, 0) is 0 Å². The summed E-state index contributed by atoms with van der Waals surface area (Å²) in [5, 5.41) is 4.09. The van der Waals surface area contributed by atoms with Gasteiger partial charge < -0.3 is 5.32 Å². The molecule has 0 aromatic heterocycles. The van der Waals surface area contributed by atoms with Crippen LogP contribution in [-0.4, -0.2) is 12.1 Å². The summed E-state index contributed by atoms with van der Waals surface area (Å²) >= 11 is 0. The van der Waals surface area contributed by atoms with E-state index in [1.54, 1.807) is 0 Å². The second-order valence-electron chi connectivity index (χ2n) is 8.01. The van der Waals surface area contributed by atoms with E-state index in [2.05, 4.69) is 17.5 Å². The van der Waals surface area contributed by atoms with Crippen molar-refractivity contribution < 1.29 is 0 Å². The van der Waals surface area contributed by atoms with Crippen LogP contribution in [0.1, 0.15) is 116 Å². The lowest BCUT2D eigenvalue weighted by Gasteiger charge is -2.26. The maximum atomic E-state index is 4.09. The molecule has 1 saturated carbocycles. The van der Waals surface area contributed by atoms with Gasteiger partial charge in [-0.2, -0.15) is 0 Å². The molecule has 1 fully saturated rings. The minimum atomic E-state index is 0.770. The van der Waals surface area contributed by atoms with E-state index >= 15 is 0 Å². The van der Waals surface area contributed by atoms with Crippen molar-refractivity contribution in [1.29, 1.82) is 0 Å². The van der Waals surface area contributed by atoms with Gasteiger partial charge in [-0.05, 0) is 44.9 Å².